The molecule has 0 aliphatic carbocycles. The van der Waals surface area contributed by atoms with Gasteiger partial charge in [0.1, 0.15) is 5.78 Å². The van der Waals surface area contributed by atoms with Crippen LogP contribution < -0.4 is 10.5 Å². The number of benzene rings is 2. The quantitative estimate of drug-likeness (QED) is 0.556. The number of ketones is 2. The number of fused-ring (bicyclic) bond motifs is 4. The Bertz CT molecular complexity index is 1170. The van der Waals surface area contributed by atoms with Crippen LogP contribution in [0, 0.1) is 0 Å². The van der Waals surface area contributed by atoms with Crippen LogP contribution in [-0.4, -0.2) is 34.7 Å². The number of carbonyl (C=O) groups is 2. The van der Waals surface area contributed by atoms with Crippen molar-refractivity contribution in [2.75, 3.05) is 18.5 Å². The van der Waals surface area contributed by atoms with E-state index >= 15 is 0 Å². The van der Waals surface area contributed by atoms with Gasteiger partial charge in [0.05, 0.1) is 28.7 Å². The Kier molecular flexibility index (Phi) is 3.66. The number of aromatic nitrogens is 2. The van der Waals surface area contributed by atoms with Crippen LogP contribution in [0.2, 0.25) is 5.02 Å². The maximum atomic E-state index is 12.9. The second-order valence-corrected chi connectivity index (χ2v) is 6.76. The number of Topliss-reactive ketones (excluding diaryl/α,β-unsaturated/α-hetero) is 1. The van der Waals surface area contributed by atoms with Crippen LogP contribution in [0.5, 0.6) is 0 Å². The van der Waals surface area contributed by atoms with Crippen molar-refractivity contribution in [3.8, 4) is 5.69 Å². The maximum absolute atomic E-state index is 12.9. The van der Waals surface area contributed by atoms with Crippen LogP contribution in [-0.2, 0) is 4.79 Å². The second kappa shape index (κ2) is 5.78. The average molecular weight is 368 g/mol. The number of carbonyl (C=O) groups excluding carboxylic acids is 2. The Morgan fingerprint density at radius 2 is 1.96 bits per heavy atom. The van der Waals surface area contributed by atoms with Gasteiger partial charge in [-0.15, -0.1) is 0 Å². The van der Waals surface area contributed by atoms with Gasteiger partial charge < -0.3 is 4.90 Å². The summed E-state index contributed by atoms with van der Waals surface area (Å²) >= 11 is 5.98. The normalized spacial score (nSPS) is 12.2. The molecule has 7 heteroatoms. The number of hydrogen-bond acceptors (Lipinski definition) is 5. The Morgan fingerprint density at radius 3 is 2.69 bits per heavy atom. The zero-order valence-corrected chi connectivity index (χ0v) is 14.9. The topological polar surface area (TPSA) is 72.3 Å². The summed E-state index contributed by atoms with van der Waals surface area (Å²) in [6, 6.07) is 9.98. The molecule has 0 N–H and O–H groups in total. The smallest absolute Gasteiger partial charge is 0.266 e. The summed E-state index contributed by atoms with van der Waals surface area (Å²) in [4.78, 5) is 43.1. The van der Waals surface area contributed by atoms with Gasteiger partial charge in [-0.2, -0.15) is 0 Å². The van der Waals surface area contributed by atoms with E-state index in [1.807, 2.05) is 0 Å². The molecular weight excluding hydrogens is 354 g/mol. The first-order valence-corrected chi connectivity index (χ1v) is 8.36. The van der Waals surface area contributed by atoms with Crippen LogP contribution in [0.15, 0.2) is 41.2 Å². The molecule has 1 aromatic heterocycles. The van der Waals surface area contributed by atoms with Crippen molar-refractivity contribution in [3.63, 3.8) is 0 Å². The Labute approximate surface area is 153 Å². The molecule has 4 rings (SSSR count). The molecule has 6 nitrogen and oxygen atoms in total. The van der Waals surface area contributed by atoms with E-state index in [2.05, 4.69) is 4.98 Å². The van der Waals surface area contributed by atoms with E-state index in [0.29, 0.717) is 27.2 Å². The SMILES string of the molecule is CC(=O)CN(C)c1ccc2c(=O)n3c(nc2c1)C(=O)c1cc(Cl)ccc1-3. The van der Waals surface area contributed by atoms with E-state index in [1.54, 1.807) is 48.3 Å². The molecule has 26 heavy (non-hydrogen) atoms. The van der Waals surface area contributed by atoms with E-state index in [0.717, 1.165) is 5.69 Å². The lowest BCUT2D eigenvalue weighted by molar-refractivity contribution is -0.115. The number of nitrogens with zero attached hydrogens (tertiary/aromatic N) is 3. The van der Waals surface area contributed by atoms with Gasteiger partial charge in [-0.25, -0.2) is 4.98 Å². The first-order chi connectivity index (χ1) is 12.4. The molecule has 0 atom stereocenters. The minimum atomic E-state index is -0.330. The third-order valence-electron chi connectivity index (χ3n) is 4.40. The minimum Gasteiger partial charge on any atom is -0.367 e. The summed E-state index contributed by atoms with van der Waals surface area (Å²) in [5, 5.41) is 0.833. The van der Waals surface area contributed by atoms with Gasteiger partial charge in [0, 0.05) is 17.8 Å². The van der Waals surface area contributed by atoms with Crippen molar-refractivity contribution in [1.82, 2.24) is 9.55 Å². The maximum Gasteiger partial charge on any atom is 0.266 e. The van der Waals surface area contributed by atoms with Gasteiger partial charge in [-0.3, -0.25) is 19.0 Å². The number of halogens is 1. The predicted molar refractivity (Wildman–Crippen MR) is 99.7 cm³/mol. The van der Waals surface area contributed by atoms with E-state index in [1.165, 1.54) is 11.5 Å². The van der Waals surface area contributed by atoms with Crippen molar-refractivity contribution >= 4 is 39.8 Å². The van der Waals surface area contributed by atoms with Gasteiger partial charge in [0.15, 0.2) is 5.82 Å². The standard InChI is InChI=1S/C19H14ClN3O3/c1-10(24)9-22(2)12-4-5-13-15(8-12)21-18-17(25)14-7-11(20)3-6-16(14)23(18)19(13)26/h3-8H,9H2,1-2H3. The van der Waals surface area contributed by atoms with Gasteiger partial charge in [-0.05, 0) is 43.3 Å². The Hall–Kier alpha value is -2.99. The summed E-state index contributed by atoms with van der Waals surface area (Å²) in [6.07, 6.45) is 0. The predicted octanol–water partition coefficient (Wildman–Crippen LogP) is 2.61. The molecule has 0 fully saturated rings. The van der Waals surface area contributed by atoms with Gasteiger partial charge >= 0.3 is 0 Å². The van der Waals surface area contributed by atoms with Crippen molar-refractivity contribution in [2.45, 2.75) is 6.92 Å². The molecule has 0 spiro atoms. The highest BCUT2D eigenvalue weighted by Gasteiger charge is 2.30. The molecule has 2 aromatic carbocycles. The van der Waals surface area contributed by atoms with Crippen LogP contribution in [0.4, 0.5) is 5.69 Å². The molecule has 1 aliphatic heterocycles. The minimum absolute atomic E-state index is 0.0251. The summed E-state index contributed by atoms with van der Waals surface area (Å²) in [7, 11) is 1.78. The fraction of sp³-hybridized carbons (Fsp3) is 0.158. The summed E-state index contributed by atoms with van der Waals surface area (Å²) in [5.41, 5.74) is 1.72. The molecule has 0 saturated carbocycles. The molecule has 130 valence electrons. The lowest BCUT2D eigenvalue weighted by atomic mass is 10.1. The van der Waals surface area contributed by atoms with Crippen molar-refractivity contribution in [1.29, 1.82) is 0 Å². The van der Waals surface area contributed by atoms with Crippen LogP contribution in [0.1, 0.15) is 23.1 Å². The molecule has 0 amide bonds. The van der Waals surface area contributed by atoms with Crippen LogP contribution in [0.25, 0.3) is 16.6 Å². The van der Waals surface area contributed by atoms with E-state index in [-0.39, 0.29) is 29.5 Å². The van der Waals surface area contributed by atoms with Gasteiger partial charge in [0.25, 0.3) is 5.56 Å². The molecule has 0 bridgehead atoms. The molecule has 1 aliphatic rings. The number of likely N-dealkylation sites (N-methyl/N-ethyl adjacent to an activating group) is 1. The zero-order valence-electron chi connectivity index (χ0n) is 14.1. The van der Waals surface area contributed by atoms with E-state index in [4.69, 9.17) is 11.6 Å². The highest BCUT2D eigenvalue weighted by atomic mass is 35.5. The first-order valence-electron chi connectivity index (χ1n) is 7.99. The summed E-state index contributed by atoms with van der Waals surface area (Å²) < 4.78 is 1.33. The molecule has 3 aromatic rings. The van der Waals surface area contributed by atoms with Gasteiger partial charge in [-0.1, -0.05) is 11.6 Å². The third-order valence-corrected chi connectivity index (χ3v) is 4.64. The largest absolute Gasteiger partial charge is 0.367 e. The lowest BCUT2D eigenvalue weighted by Crippen LogP contribution is -2.24. The van der Waals surface area contributed by atoms with Crippen molar-refractivity contribution < 1.29 is 9.59 Å². The third kappa shape index (κ3) is 2.42. The molecule has 0 unspecified atom stereocenters. The Morgan fingerprint density at radius 1 is 1.19 bits per heavy atom. The zero-order chi connectivity index (χ0) is 18.6. The van der Waals surface area contributed by atoms with Crippen molar-refractivity contribution in [3.05, 3.63) is 63.2 Å². The highest BCUT2D eigenvalue weighted by Crippen LogP contribution is 2.29. The molecule has 2 heterocycles. The van der Waals surface area contributed by atoms with Gasteiger partial charge in [0.2, 0.25) is 5.78 Å². The van der Waals surface area contributed by atoms with Crippen molar-refractivity contribution in [2.24, 2.45) is 0 Å². The first kappa shape index (κ1) is 16.5. The number of hydrogen-bond donors (Lipinski definition) is 0. The fourth-order valence-corrected chi connectivity index (χ4v) is 3.39. The van der Waals surface area contributed by atoms with Crippen LogP contribution >= 0.6 is 11.6 Å². The number of rotatable bonds is 3. The lowest BCUT2D eigenvalue weighted by Gasteiger charge is -2.18. The monoisotopic (exact) mass is 367 g/mol. The van der Waals surface area contributed by atoms with E-state index in [9.17, 15) is 14.4 Å². The summed E-state index contributed by atoms with van der Waals surface area (Å²) in [6.45, 7) is 1.76. The molecule has 0 saturated heterocycles. The second-order valence-electron chi connectivity index (χ2n) is 6.33. The molecule has 0 radical (unpaired) electrons. The van der Waals surface area contributed by atoms with Crippen LogP contribution in [0.3, 0.4) is 0 Å². The average Bonchev–Trinajstić information content (AvgIpc) is 2.86. The Balaban J connectivity index is 1.93. The van der Waals surface area contributed by atoms with E-state index < -0.39 is 0 Å². The number of anilines is 1. The molecular formula is C19H14ClN3O3. The highest BCUT2D eigenvalue weighted by molar-refractivity contribution is 6.31. The fourth-order valence-electron chi connectivity index (χ4n) is 3.22. The summed E-state index contributed by atoms with van der Waals surface area (Å²) in [5.74, 6) is -0.229.